The van der Waals surface area contributed by atoms with Crippen LogP contribution >= 0.6 is 12.2 Å². The van der Waals surface area contributed by atoms with Gasteiger partial charge in [0.1, 0.15) is 0 Å². The summed E-state index contributed by atoms with van der Waals surface area (Å²) >= 11 is 5.71. The number of hydrogen-bond donors (Lipinski definition) is 1. The van der Waals surface area contributed by atoms with E-state index in [-0.39, 0.29) is 12.1 Å². The molecular formula is C21H23N5S. The first-order valence-electron chi connectivity index (χ1n) is 9.18. The van der Waals surface area contributed by atoms with E-state index in [0.717, 1.165) is 16.4 Å². The molecule has 27 heavy (non-hydrogen) atoms. The number of hydrogen-bond acceptors (Lipinski definition) is 3. The van der Waals surface area contributed by atoms with Gasteiger partial charge in [-0.3, -0.25) is 9.97 Å². The lowest BCUT2D eigenvalue weighted by molar-refractivity contribution is 0.310. The summed E-state index contributed by atoms with van der Waals surface area (Å²) < 4.78 is 2.23. The predicted molar refractivity (Wildman–Crippen MR) is 110 cm³/mol. The van der Waals surface area contributed by atoms with Gasteiger partial charge >= 0.3 is 0 Å². The Morgan fingerprint density at radius 3 is 2.70 bits per heavy atom. The van der Waals surface area contributed by atoms with Crippen LogP contribution in [0.25, 0.3) is 0 Å². The first-order chi connectivity index (χ1) is 13.1. The quantitative estimate of drug-likeness (QED) is 0.680. The molecule has 4 heterocycles. The standard InChI is InChI=1S/C21H23N5S/c1-15(2)25-11-8-17(14-25)20-19(18-7-3-4-10-23-18)24-21(27)26(20)13-16-6-5-9-22-12-16/h3-12,14-15,19-20H,13H2,1-2H3,(H,24,27)/t19-,20+/m0/s1. The number of pyridine rings is 2. The van der Waals surface area contributed by atoms with Crippen LogP contribution in [0.3, 0.4) is 0 Å². The number of nitrogens with zero attached hydrogens (tertiary/aromatic N) is 4. The number of rotatable bonds is 5. The molecular weight excluding hydrogens is 354 g/mol. The van der Waals surface area contributed by atoms with Crippen molar-refractivity contribution in [3.8, 4) is 0 Å². The second-order valence-electron chi connectivity index (χ2n) is 7.10. The lowest BCUT2D eigenvalue weighted by atomic mass is 9.99. The lowest BCUT2D eigenvalue weighted by Gasteiger charge is -2.27. The van der Waals surface area contributed by atoms with Crippen molar-refractivity contribution in [1.82, 2.24) is 24.8 Å². The highest BCUT2D eigenvalue weighted by Gasteiger charge is 2.40. The predicted octanol–water partition coefficient (Wildman–Crippen LogP) is 4.03. The van der Waals surface area contributed by atoms with Crippen molar-refractivity contribution in [3.63, 3.8) is 0 Å². The fraction of sp³-hybridized carbons (Fsp3) is 0.286. The van der Waals surface area contributed by atoms with E-state index in [2.05, 4.69) is 69.2 Å². The van der Waals surface area contributed by atoms with Crippen LogP contribution in [-0.4, -0.2) is 24.5 Å². The highest BCUT2D eigenvalue weighted by atomic mass is 32.1. The van der Waals surface area contributed by atoms with Gasteiger partial charge < -0.3 is 14.8 Å². The molecule has 3 aromatic heterocycles. The zero-order valence-corrected chi connectivity index (χ0v) is 16.3. The van der Waals surface area contributed by atoms with E-state index in [1.165, 1.54) is 5.56 Å². The molecule has 1 aliphatic heterocycles. The summed E-state index contributed by atoms with van der Waals surface area (Å²) in [6.07, 6.45) is 9.88. The molecule has 1 saturated heterocycles. The van der Waals surface area contributed by atoms with Gasteiger partial charge in [0.25, 0.3) is 0 Å². The van der Waals surface area contributed by atoms with Crippen LogP contribution < -0.4 is 5.32 Å². The summed E-state index contributed by atoms with van der Waals surface area (Å²) in [6, 6.07) is 12.8. The Hall–Kier alpha value is -2.73. The third-order valence-corrected chi connectivity index (χ3v) is 5.30. The number of aromatic nitrogens is 3. The molecule has 3 aromatic rings. The third-order valence-electron chi connectivity index (χ3n) is 4.95. The number of nitrogens with one attached hydrogen (secondary N) is 1. The van der Waals surface area contributed by atoms with Crippen molar-refractivity contribution in [1.29, 1.82) is 0 Å². The average molecular weight is 378 g/mol. The van der Waals surface area contributed by atoms with Gasteiger partial charge in [-0.1, -0.05) is 12.1 Å². The minimum absolute atomic E-state index is 0.0124. The van der Waals surface area contributed by atoms with Crippen LogP contribution in [-0.2, 0) is 6.54 Å². The van der Waals surface area contributed by atoms with E-state index in [0.29, 0.717) is 12.6 Å². The van der Waals surface area contributed by atoms with E-state index >= 15 is 0 Å². The fourth-order valence-electron chi connectivity index (χ4n) is 3.55. The van der Waals surface area contributed by atoms with Crippen LogP contribution in [0.2, 0.25) is 0 Å². The molecule has 1 fully saturated rings. The van der Waals surface area contributed by atoms with Crippen LogP contribution in [0.15, 0.2) is 67.4 Å². The summed E-state index contributed by atoms with van der Waals surface area (Å²) in [6.45, 7) is 5.08. The van der Waals surface area contributed by atoms with Crippen molar-refractivity contribution in [2.45, 2.75) is 38.5 Å². The largest absolute Gasteiger partial charge is 0.352 e. The Balaban J connectivity index is 1.73. The van der Waals surface area contributed by atoms with Crippen LogP contribution in [0.5, 0.6) is 0 Å². The molecule has 0 unspecified atom stereocenters. The van der Waals surface area contributed by atoms with Crippen LogP contribution in [0, 0.1) is 0 Å². The SMILES string of the molecule is CC(C)n1ccc([C@@H]2[C@H](c3ccccn3)NC(=S)N2Cc2cccnc2)c1. The molecule has 0 spiro atoms. The molecule has 2 atom stereocenters. The van der Waals surface area contributed by atoms with E-state index in [4.69, 9.17) is 12.2 Å². The average Bonchev–Trinajstić information content (AvgIpc) is 3.29. The molecule has 1 aliphatic rings. The smallest absolute Gasteiger partial charge is 0.170 e. The van der Waals surface area contributed by atoms with Gasteiger partial charge in [-0.15, -0.1) is 0 Å². The molecule has 0 aromatic carbocycles. The van der Waals surface area contributed by atoms with Gasteiger partial charge in [0, 0.05) is 43.6 Å². The summed E-state index contributed by atoms with van der Waals surface area (Å²) in [4.78, 5) is 11.1. The molecule has 0 radical (unpaired) electrons. The third kappa shape index (κ3) is 3.57. The van der Waals surface area contributed by atoms with Crippen LogP contribution in [0.1, 0.15) is 48.8 Å². The molecule has 1 N–H and O–H groups in total. The highest BCUT2D eigenvalue weighted by Crippen LogP contribution is 2.39. The van der Waals surface area contributed by atoms with E-state index in [1.807, 2.05) is 30.6 Å². The summed E-state index contributed by atoms with van der Waals surface area (Å²) in [5.74, 6) is 0. The molecule has 6 heteroatoms. The zero-order chi connectivity index (χ0) is 18.8. The molecule has 0 amide bonds. The van der Waals surface area contributed by atoms with Gasteiger partial charge in [0.2, 0.25) is 0 Å². The van der Waals surface area contributed by atoms with E-state index in [9.17, 15) is 0 Å². The van der Waals surface area contributed by atoms with Crippen LogP contribution in [0.4, 0.5) is 0 Å². The molecule has 138 valence electrons. The zero-order valence-electron chi connectivity index (χ0n) is 15.5. The first kappa shape index (κ1) is 17.7. The molecule has 0 aliphatic carbocycles. The minimum Gasteiger partial charge on any atom is -0.352 e. The normalized spacial score (nSPS) is 19.5. The Labute approximate surface area is 165 Å². The Morgan fingerprint density at radius 1 is 1.15 bits per heavy atom. The molecule has 4 rings (SSSR count). The van der Waals surface area contributed by atoms with Gasteiger partial charge in [0.05, 0.1) is 17.8 Å². The monoisotopic (exact) mass is 377 g/mol. The van der Waals surface area contributed by atoms with Crippen molar-refractivity contribution in [2.75, 3.05) is 0 Å². The Bertz CT molecular complexity index is 907. The second kappa shape index (κ2) is 7.48. The maximum Gasteiger partial charge on any atom is 0.170 e. The lowest BCUT2D eigenvalue weighted by Crippen LogP contribution is -2.29. The van der Waals surface area contributed by atoms with E-state index in [1.54, 1.807) is 6.20 Å². The maximum absolute atomic E-state index is 5.71. The van der Waals surface area contributed by atoms with Crippen molar-refractivity contribution < 1.29 is 0 Å². The van der Waals surface area contributed by atoms with Gasteiger partial charge in [-0.2, -0.15) is 0 Å². The van der Waals surface area contributed by atoms with Gasteiger partial charge in [0.15, 0.2) is 5.11 Å². The van der Waals surface area contributed by atoms with Crippen molar-refractivity contribution in [3.05, 3.63) is 84.2 Å². The van der Waals surface area contributed by atoms with Gasteiger partial charge in [-0.05, 0) is 61.5 Å². The Morgan fingerprint density at radius 2 is 2.04 bits per heavy atom. The topological polar surface area (TPSA) is 46.0 Å². The molecule has 0 saturated carbocycles. The second-order valence-corrected chi connectivity index (χ2v) is 7.49. The first-order valence-corrected chi connectivity index (χ1v) is 9.58. The number of thiocarbonyl (C=S) groups is 1. The maximum atomic E-state index is 5.71. The summed E-state index contributed by atoms with van der Waals surface area (Å²) in [5.41, 5.74) is 3.36. The minimum atomic E-state index is 0.0124. The summed E-state index contributed by atoms with van der Waals surface area (Å²) in [7, 11) is 0. The van der Waals surface area contributed by atoms with Gasteiger partial charge in [-0.25, -0.2) is 0 Å². The van der Waals surface area contributed by atoms with Crippen molar-refractivity contribution >= 4 is 17.3 Å². The Kier molecular flexibility index (Phi) is 4.90. The molecule has 0 bridgehead atoms. The van der Waals surface area contributed by atoms with Crippen molar-refractivity contribution in [2.24, 2.45) is 0 Å². The van der Waals surface area contributed by atoms with E-state index < -0.39 is 0 Å². The highest BCUT2D eigenvalue weighted by molar-refractivity contribution is 7.80. The summed E-state index contributed by atoms with van der Waals surface area (Å²) in [5, 5.41) is 4.24. The fourth-order valence-corrected chi connectivity index (χ4v) is 3.86. The molecule has 5 nitrogen and oxygen atoms in total.